The second-order valence-electron chi connectivity index (χ2n) is 5.91. The van der Waals surface area contributed by atoms with E-state index in [2.05, 4.69) is 6.92 Å². The van der Waals surface area contributed by atoms with Gasteiger partial charge < -0.3 is 9.47 Å². The average molecular weight is 320 g/mol. The summed E-state index contributed by atoms with van der Waals surface area (Å²) in [5.41, 5.74) is 0.540. The topological polar surface area (TPSA) is 52.6 Å². The molecule has 128 valence electrons. The SMILES string of the molecule is CCCCC(COC(=O)c1ccccc1)COC(=O)C(C)CC. The van der Waals surface area contributed by atoms with Gasteiger partial charge in [0.15, 0.2) is 0 Å². The van der Waals surface area contributed by atoms with Crippen LogP contribution in [0, 0.1) is 11.8 Å². The molecule has 0 radical (unpaired) electrons. The first-order valence-electron chi connectivity index (χ1n) is 8.47. The molecule has 4 heteroatoms. The molecule has 0 spiro atoms. The van der Waals surface area contributed by atoms with Crippen LogP contribution in [0.25, 0.3) is 0 Å². The second kappa shape index (κ2) is 10.8. The Bertz CT molecular complexity index is 470. The van der Waals surface area contributed by atoms with E-state index < -0.39 is 0 Å². The summed E-state index contributed by atoms with van der Waals surface area (Å²) in [7, 11) is 0. The average Bonchev–Trinajstić information content (AvgIpc) is 2.60. The van der Waals surface area contributed by atoms with Gasteiger partial charge in [0.2, 0.25) is 0 Å². The Hall–Kier alpha value is -1.84. The largest absolute Gasteiger partial charge is 0.465 e. The molecule has 0 aliphatic heterocycles. The lowest BCUT2D eigenvalue weighted by atomic mass is 10.0. The molecule has 0 N–H and O–H groups in total. The van der Waals surface area contributed by atoms with Crippen LogP contribution in [0.4, 0.5) is 0 Å². The Kier molecular flexibility index (Phi) is 9.03. The summed E-state index contributed by atoms with van der Waals surface area (Å²) < 4.78 is 10.7. The molecular formula is C19H28O4. The van der Waals surface area contributed by atoms with Crippen LogP contribution >= 0.6 is 0 Å². The van der Waals surface area contributed by atoms with Crippen LogP contribution in [-0.2, 0) is 14.3 Å². The predicted octanol–water partition coefficient (Wildman–Crippen LogP) is 4.24. The summed E-state index contributed by atoms with van der Waals surface area (Å²) >= 11 is 0. The number of rotatable bonds is 10. The fourth-order valence-corrected chi connectivity index (χ4v) is 2.07. The van der Waals surface area contributed by atoms with E-state index in [9.17, 15) is 9.59 Å². The van der Waals surface area contributed by atoms with Gasteiger partial charge in [0, 0.05) is 5.92 Å². The normalized spacial score (nSPS) is 13.2. The zero-order valence-electron chi connectivity index (χ0n) is 14.4. The highest BCUT2D eigenvalue weighted by Gasteiger charge is 2.17. The molecule has 0 aliphatic rings. The predicted molar refractivity (Wildman–Crippen MR) is 90.2 cm³/mol. The highest BCUT2D eigenvalue weighted by Crippen LogP contribution is 2.13. The Balaban J connectivity index is 2.47. The van der Waals surface area contributed by atoms with E-state index in [4.69, 9.17) is 9.47 Å². The van der Waals surface area contributed by atoms with Crippen LogP contribution in [0.15, 0.2) is 30.3 Å². The molecule has 0 aromatic heterocycles. The Morgan fingerprint density at radius 1 is 1.04 bits per heavy atom. The zero-order valence-corrected chi connectivity index (χ0v) is 14.4. The van der Waals surface area contributed by atoms with Gasteiger partial charge in [-0.05, 0) is 25.0 Å². The third kappa shape index (κ3) is 7.31. The number of carbonyl (C=O) groups is 2. The number of hydrogen-bond donors (Lipinski definition) is 0. The van der Waals surface area contributed by atoms with Crippen molar-refractivity contribution < 1.29 is 19.1 Å². The molecule has 2 atom stereocenters. The Morgan fingerprint density at radius 2 is 1.70 bits per heavy atom. The molecular weight excluding hydrogens is 292 g/mol. The van der Waals surface area contributed by atoms with Crippen molar-refractivity contribution in [3.63, 3.8) is 0 Å². The molecule has 0 saturated carbocycles. The van der Waals surface area contributed by atoms with Crippen LogP contribution in [0.3, 0.4) is 0 Å². The summed E-state index contributed by atoms with van der Waals surface area (Å²) in [6, 6.07) is 8.92. The van der Waals surface area contributed by atoms with Gasteiger partial charge in [0.25, 0.3) is 0 Å². The molecule has 0 heterocycles. The maximum Gasteiger partial charge on any atom is 0.338 e. The number of hydrogen-bond acceptors (Lipinski definition) is 4. The molecule has 0 saturated heterocycles. The van der Waals surface area contributed by atoms with Gasteiger partial charge in [-0.15, -0.1) is 0 Å². The van der Waals surface area contributed by atoms with Gasteiger partial charge in [-0.25, -0.2) is 4.79 Å². The summed E-state index contributed by atoms with van der Waals surface area (Å²) in [5.74, 6) is -0.548. The lowest BCUT2D eigenvalue weighted by Gasteiger charge is -2.18. The van der Waals surface area contributed by atoms with Crippen molar-refractivity contribution in [2.75, 3.05) is 13.2 Å². The Labute approximate surface area is 139 Å². The van der Waals surface area contributed by atoms with Crippen molar-refractivity contribution >= 4 is 11.9 Å². The first kappa shape index (κ1) is 19.2. The number of unbranched alkanes of at least 4 members (excludes halogenated alkanes) is 1. The highest BCUT2D eigenvalue weighted by molar-refractivity contribution is 5.89. The molecule has 4 nitrogen and oxygen atoms in total. The second-order valence-corrected chi connectivity index (χ2v) is 5.91. The maximum absolute atomic E-state index is 12.0. The zero-order chi connectivity index (χ0) is 17.1. The molecule has 2 unspecified atom stereocenters. The van der Waals surface area contributed by atoms with Gasteiger partial charge in [-0.3, -0.25) is 4.79 Å². The van der Waals surface area contributed by atoms with Crippen LogP contribution in [0.2, 0.25) is 0 Å². The molecule has 0 amide bonds. The quantitative estimate of drug-likeness (QED) is 0.605. The van der Waals surface area contributed by atoms with Crippen molar-refractivity contribution in [1.29, 1.82) is 0 Å². The van der Waals surface area contributed by atoms with Crippen molar-refractivity contribution in [2.24, 2.45) is 11.8 Å². The molecule has 1 rings (SSSR count). The van der Waals surface area contributed by atoms with E-state index in [1.165, 1.54) is 0 Å². The maximum atomic E-state index is 12.0. The third-order valence-corrected chi connectivity index (χ3v) is 3.90. The van der Waals surface area contributed by atoms with Gasteiger partial charge >= 0.3 is 11.9 Å². The standard InChI is InChI=1S/C19H28O4/c1-4-6-10-16(13-22-18(20)15(3)5-2)14-23-19(21)17-11-8-7-9-12-17/h7-9,11-12,15-16H,4-6,10,13-14H2,1-3H3. The van der Waals surface area contributed by atoms with E-state index in [-0.39, 0.29) is 30.4 Å². The molecule has 1 aromatic rings. The summed E-state index contributed by atoms with van der Waals surface area (Å²) in [5, 5.41) is 0. The first-order valence-corrected chi connectivity index (χ1v) is 8.47. The molecule has 0 fully saturated rings. The minimum Gasteiger partial charge on any atom is -0.465 e. The van der Waals surface area contributed by atoms with Gasteiger partial charge in [0.1, 0.15) is 0 Å². The lowest BCUT2D eigenvalue weighted by Crippen LogP contribution is -2.23. The fraction of sp³-hybridized carbons (Fsp3) is 0.579. The summed E-state index contributed by atoms with van der Waals surface area (Å²) in [4.78, 5) is 23.8. The monoisotopic (exact) mass is 320 g/mol. The van der Waals surface area contributed by atoms with E-state index >= 15 is 0 Å². The molecule has 0 aliphatic carbocycles. The number of esters is 2. The minimum atomic E-state index is -0.333. The van der Waals surface area contributed by atoms with Crippen molar-refractivity contribution in [2.45, 2.75) is 46.5 Å². The highest BCUT2D eigenvalue weighted by atomic mass is 16.5. The van der Waals surface area contributed by atoms with Gasteiger partial charge in [0.05, 0.1) is 24.7 Å². The number of benzene rings is 1. The van der Waals surface area contributed by atoms with Crippen LogP contribution in [0.1, 0.15) is 56.8 Å². The van der Waals surface area contributed by atoms with Crippen LogP contribution in [0.5, 0.6) is 0 Å². The first-order chi connectivity index (χ1) is 11.1. The molecule has 23 heavy (non-hydrogen) atoms. The summed E-state index contributed by atoms with van der Waals surface area (Å²) in [6.07, 6.45) is 3.73. The third-order valence-electron chi connectivity index (χ3n) is 3.90. The number of carbonyl (C=O) groups excluding carboxylic acids is 2. The van der Waals surface area contributed by atoms with Crippen LogP contribution < -0.4 is 0 Å². The van der Waals surface area contributed by atoms with E-state index in [1.807, 2.05) is 19.9 Å². The van der Waals surface area contributed by atoms with Gasteiger partial charge in [-0.1, -0.05) is 51.8 Å². The van der Waals surface area contributed by atoms with E-state index in [0.717, 1.165) is 25.7 Å². The van der Waals surface area contributed by atoms with Crippen molar-refractivity contribution in [3.05, 3.63) is 35.9 Å². The minimum absolute atomic E-state index is 0.0515. The van der Waals surface area contributed by atoms with Crippen molar-refractivity contribution in [3.8, 4) is 0 Å². The van der Waals surface area contributed by atoms with Crippen molar-refractivity contribution in [1.82, 2.24) is 0 Å². The molecule has 1 aromatic carbocycles. The lowest BCUT2D eigenvalue weighted by molar-refractivity contribution is -0.149. The fourth-order valence-electron chi connectivity index (χ4n) is 2.07. The van der Waals surface area contributed by atoms with Gasteiger partial charge in [-0.2, -0.15) is 0 Å². The van der Waals surface area contributed by atoms with Crippen LogP contribution in [-0.4, -0.2) is 25.2 Å². The van der Waals surface area contributed by atoms with E-state index in [1.54, 1.807) is 24.3 Å². The smallest absolute Gasteiger partial charge is 0.338 e. The van der Waals surface area contributed by atoms with E-state index in [0.29, 0.717) is 12.2 Å². The Morgan fingerprint density at radius 3 is 2.30 bits per heavy atom. The summed E-state index contributed by atoms with van der Waals surface area (Å²) in [6.45, 7) is 6.52. The molecule has 0 bridgehead atoms. The number of ether oxygens (including phenoxy) is 2.